The normalized spacial score (nSPS) is 27.8. The molecular weight excluding hydrogens is 226 g/mol. The third-order valence-corrected chi connectivity index (χ3v) is 4.07. The summed E-state index contributed by atoms with van der Waals surface area (Å²) in [5, 5.41) is 6.56. The molecule has 2 saturated heterocycles. The number of rotatable bonds is 3. The molecule has 98 valence electrons. The van der Waals surface area contributed by atoms with Crippen molar-refractivity contribution in [3.63, 3.8) is 0 Å². The molecule has 18 heavy (non-hydrogen) atoms. The van der Waals surface area contributed by atoms with Crippen LogP contribution in [0.4, 0.5) is 11.8 Å². The maximum Gasteiger partial charge on any atom is 0.224 e. The minimum atomic E-state index is 0.546. The van der Waals surface area contributed by atoms with E-state index in [1.165, 1.54) is 38.8 Å². The second-order valence-corrected chi connectivity index (χ2v) is 5.15. The summed E-state index contributed by atoms with van der Waals surface area (Å²) in [6.07, 6.45) is 7.07. The Labute approximate surface area is 108 Å². The van der Waals surface area contributed by atoms with Gasteiger partial charge in [0.15, 0.2) is 0 Å². The molecule has 5 nitrogen and oxygen atoms in total. The number of aromatic nitrogens is 2. The highest BCUT2D eigenvalue weighted by molar-refractivity contribution is 5.40. The van der Waals surface area contributed by atoms with Gasteiger partial charge in [-0.05, 0) is 31.9 Å². The molecule has 2 aliphatic rings. The van der Waals surface area contributed by atoms with Crippen LogP contribution in [0.5, 0.6) is 0 Å². The molecule has 0 aromatic carbocycles. The zero-order valence-corrected chi connectivity index (χ0v) is 10.9. The fraction of sp³-hybridized carbons (Fsp3) is 0.692. The highest BCUT2D eigenvalue weighted by atomic mass is 15.2. The van der Waals surface area contributed by atoms with Crippen LogP contribution in [0, 0.1) is 0 Å². The summed E-state index contributed by atoms with van der Waals surface area (Å²) in [7, 11) is 1.84. The Morgan fingerprint density at radius 3 is 3.11 bits per heavy atom. The molecule has 0 amide bonds. The van der Waals surface area contributed by atoms with Crippen LogP contribution in [0.1, 0.15) is 25.7 Å². The van der Waals surface area contributed by atoms with Crippen molar-refractivity contribution in [3.05, 3.63) is 12.3 Å². The second-order valence-electron chi connectivity index (χ2n) is 5.15. The van der Waals surface area contributed by atoms with Gasteiger partial charge in [-0.3, -0.25) is 4.90 Å². The molecular formula is C13H21N5. The number of fused-ring (bicyclic) bond motifs is 1. The first-order valence-corrected chi connectivity index (χ1v) is 6.88. The Morgan fingerprint density at radius 2 is 2.22 bits per heavy atom. The van der Waals surface area contributed by atoms with Gasteiger partial charge in [-0.1, -0.05) is 6.42 Å². The zero-order chi connectivity index (χ0) is 12.4. The Hall–Kier alpha value is -1.36. The lowest BCUT2D eigenvalue weighted by Gasteiger charge is -2.32. The van der Waals surface area contributed by atoms with E-state index in [1.54, 1.807) is 6.20 Å². The van der Waals surface area contributed by atoms with Crippen LogP contribution >= 0.6 is 0 Å². The van der Waals surface area contributed by atoms with Crippen LogP contribution in [0.25, 0.3) is 0 Å². The summed E-state index contributed by atoms with van der Waals surface area (Å²) in [5.41, 5.74) is 0. The van der Waals surface area contributed by atoms with Crippen LogP contribution in [0.2, 0.25) is 0 Å². The summed E-state index contributed by atoms with van der Waals surface area (Å²) >= 11 is 0. The lowest BCUT2D eigenvalue weighted by molar-refractivity contribution is 0.192. The van der Waals surface area contributed by atoms with Crippen LogP contribution in [-0.2, 0) is 0 Å². The van der Waals surface area contributed by atoms with E-state index in [4.69, 9.17) is 0 Å². The number of hydrogen-bond donors (Lipinski definition) is 2. The van der Waals surface area contributed by atoms with Gasteiger partial charge in [0.25, 0.3) is 0 Å². The highest BCUT2D eigenvalue weighted by Gasteiger charge is 2.35. The summed E-state index contributed by atoms with van der Waals surface area (Å²) in [5.74, 6) is 1.62. The molecule has 2 N–H and O–H groups in total. The highest BCUT2D eigenvalue weighted by Crippen LogP contribution is 2.28. The topological polar surface area (TPSA) is 53.1 Å². The van der Waals surface area contributed by atoms with Gasteiger partial charge >= 0.3 is 0 Å². The predicted octanol–water partition coefficient (Wildman–Crippen LogP) is 1.56. The number of nitrogens with one attached hydrogen (secondary N) is 2. The maximum atomic E-state index is 4.44. The number of hydrogen-bond acceptors (Lipinski definition) is 5. The first-order chi connectivity index (χ1) is 8.86. The Bertz CT molecular complexity index is 408. The standard InChI is InChI=1S/C13H21N5/c1-14-13-15-7-5-12(17-13)16-10-6-9-18-8-3-2-4-11(10)18/h5,7,10-11H,2-4,6,8-9H2,1H3,(H2,14,15,16,17). The summed E-state index contributed by atoms with van der Waals surface area (Å²) < 4.78 is 0. The van der Waals surface area contributed by atoms with E-state index in [1.807, 2.05) is 13.1 Å². The summed E-state index contributed by atoms with van der Waals surface area (Å²) in [6.45, 7) is 2.50. The molecule has 3 heterocycles. The molecule has 2 aliphatic heterocycles. The fourth-order valence-corrected chi connectivity index (χ4v) is 3.17. The Kier molecular flexibility index (Phi) is 3.32. The van der Waals surface area contributed by atoms with Crippen molar-refractivity contribution in [2.75, 3.05) is 30.8 Å². The van der Waals surface area contributed by atoms with E-state index < -0.39 is 0 Å². The van der Waals surface area contributed by atoms with E-state index in [0.29, 0.717) is 18.0 Å². The van der Waals surface area contributed by atoms with Gasteiger partial charge in [0.05, 0.1) is 0 Å². The largest absolute Gasteiger partial charge is 0.366 e. The van der Waals surface area contributed by atoms with E-state index in [9.17, 15) is 0 Å². The van der Waals surface area contributed by atoms with Gasteiger partial charge in [-0.15, -0.1) is 0 Å². The number of nitrogens with zero attached hydrogens (tertiary/aromatic N) is 3. The first-order valence-electron chi connectivity index (χ1n) is 6.88. The molecule has 2 unspecified atom stereocenters. The molecule has 3 rings (SSSR count). The van der Waals surface area contributed by atoms with Crippen LogP contribution in [0.3, 0.4) is 0 Å². The third kappa shape index (κ3) is 2.27. The van der Waals surface area contributed by atoms with Crippen molar-refractivity contribution >= 4 is 11.8 Å². The second kappa shape index (κ2) is 5.10. The molecule has 0 radical (unpaired) electrons. The van der Waals surface area contributed by atoms with Gasteiger partial charge < -0.3 is 10.6 Å². The molecule has 0 spiro atoms. The van der Waals surface area contributed by atoms with Crippen molar-refractivity contribution in [2.45, 2.75) is 37.8 Å². The average molecular weight is 247 g/mol. The van der Waals surface area contributed by atoms with E-state index >= 15 is 0 Å². The van der Waals surface area contributed by atoms with Gasteiger partial charge in [-0.2, -0.15) is 4.98 Å². The maximum absolute atomic E-state index is 4.44. The smallest absolute Gasteiger partial charge is 0.224 e. The van der Waals surface area contributed by atoms with E-state index in [-0.39, 0.29) is 0 Å². The van der Waals surface area contributed by atoms with Crippen molar-refractivity contribution in [1.82, 2.24) is 14.9 Å². The Morgan fingerprint density at radius 1 is 1.28 bits per heavy atom. The van der Waals surface area contributed by atoms with Gasteiger partial charge in [-0.25, -0.2) is 4.98 Å². The quantitative estimate of drug-likeness (QED) is 0.849. The van der Waals surface area contributed by atoms with Crippen LogP contribution in [0.15, 0.2) is 12.3 Å². The van der Waals surface area contributed by atoms with Crippen molar-refractivity contribution in [3.8, 4) is 0 Å². The minimum Gasteiger partial charge on any atom is -0.366 e. The lowest BCUT2D eigenvalue weighted by atomic mass is 9.99. The lowest BCUT2D eigenvalue weighted by Crippen LogP contribution is -2.41. The van der Waals surface area contributed by atoms with E-state index in [2.05, 4.69) is 25.5 Å². The van der Waals surface area contributed by atoms with Gasteiger partial charge in [0, 0.05) is 31.9 Å². The summed E-state index contributed by atoms with van der Waals surface area (Å²) in [6, 6.07) is 3.20. The van der Waals surface area contributed by atoms with Crippen LogP contribution < -0.4 is 10.6 Å². The average Bonchev–Trinajstić information content (AvgIpc) is 2.83. The predicted molar refractivity (Wildman–Crippen MR) is 72.8 cm³/mol. The SMILES string of the molecule is CNc1nccc(NC2CCN3CCCCC23)n1. The molecule has 0 aliphatic carbocycles. The monoisotopic (exact) mass is 247 g/mol. The van der Waals surface area contributed by atoms with Crippen molar-refractivity contribution in [1.29, 1.82) is 0 Å². The van der Waals surface area contributed by atoms with E-state index in [0.717, 1.165) is 5.82 Å². The van der Waals surface area contributed by atoms with Crippen molar-refractivity contribution in [2.24, 2.45) is 0 Å². The number of anilines is 2. The molecule has 1 aromatic rings. The molecule has 2 atom stereocenters. The minimum absolute atomic E-state index is 0.546. The fourth-order valence-electron chi connectivity index (χ4n) is 3.17. The molecule has 5 heteroatoms. The molecule has 0 saturated carbocycles. The number of piperidine rings is 1. The third-order valence-electron chi connectivity index (χ3n) is 4.07. The molecule has 0 bridgehead atoms. The molecule has 1 aromatic heterocycles. The van der Waals surface area contributed by atoms with Gasteiger partial charge in [0.1, 0.15) is 5.82 Å². The van der Waals surface area contributed by atoms with Crippen LogP contribution in [-0.4, -0.2) is 47.1 Å². The Balaban J connectivity index is 1.68. The van der Waals surface area contributed by atoms with Crippen molar-refractivity contribution < 1.29 is 0 Å². The molecule has 2 fully saturated rings. The first kappa shape index (κ1) is 11.7. The summed E-state index contributed by atoms with van der Waals surface area (Å²) in [4.78, 5) is 11.2. The van der Waals surface area contributed by atoms with Gasteiger partial charge in [0.2, 0.25) is 5.95 Å². The zero-order valence-electron chi connectivity index (χ0n) is 10.9.